The number of nitrogens with zero attached hydrogens (tertiary/aromatic N) is 3. The SMILES string of the molecule is CCOc1ccc(C=NNc2nc(-c3ccccc3)c(C#N)c(=O)[nH]2)c2c1CCCC2. The van der Waals surface area contributed by atoms with Crippen LogP contribution in [0.15, 0.2) is 52.4 Å². The topological polar surface area (TPSA) is 103 Å². The lowest BCUT2D eigenvalue weighted by Gasteiger charge is -2.21. The van der Waals surface area contributed by atoms with Crippen molar-refractivity contribution >= 4 is 12.2 Å². The first-order valence-corrected chi connectivity index (χ1v) is 10.4. The van der Waals surface area contributed by atoms with Gasteiger partial charge in [0.15, 0.2) is 0 Å². The summed E-state index contributed by atoms with van der Waals surface area (Å²) in [5.74, 6) is 1.13. The van der Waals surface area contributed by atoms with Gasteiger partial charge in [-0.25, -0.2) is 10.4 Å². The molecule has 0 radical (unpaired) electrons. The summed E-state index contributed by atoms with van der Waals surface area (Å²) in [4.78, 5) is 19.4. The molecule has 7 nitrogen and oxygen atoms in total. The number of aromatic amines is 1. The van der Waals surface area contributed by atoms with Crippen molar-refractivity contribution in [3.63, 3.8) is 0 Å². The third-order valence-electron chi connectivity index (χ3n) is 5.28. The number of rotatable bonds is 6. The molecular weight excluding hydrogens is 390 g/mol. The van der Waals surface area contributed by atoms with Gasteiger partial charge in [-0.05, 0) is 61.4 Å². The predicted octanol–water partition coefficient (Wildman–Crippen LogP) is 4.03. The van der Waals surface area contributed by atoms with E-state index in [0.717, 1.165) is 37.0 Å². The van der Waals surface area contributed by atoms with Gasteiger partial charge >= 0.3 is 0 Å². The molecule has 156 valence electrons. The van der Waals surface area contributed by atoms with Crippen molar-refractivity contribution in [2.24, 2.45) is 5.10 Å². The summed E-state index contributed by atoms with van der Waals surface area (Å²) in [6.45, 7) is 2.63. The smallest absolute Gasteiger partial charge is 0.270 e. The van der Waals surface area contributed by atoms with Gasteiger partial charge in [0.25, 0.3) is 5.56 Å². The standard InChI is InChI=1S/C24H23N5O2/c1-2-31-21-13-12-17(18-10-6-7-11-19(18)21)15-26-29-24-27-22(16-8-4-3-5-9-16)20(14-25)23(30)28-24/h3-5,8-9,12-13,15H,2,6-7,10-11H2,1H3,(H2,27,28,29,30). The molecule has 1 heterocycles. The van der Waals surface area contributed by atoms with Crippen molar-refractivity contribution < 1.29 is 4.74 Å². The number of hydrazone groups is 1. The predicted molar refractivity (Wildman–Crippen MR) is 120 cm³/mol. The number of nitrogens with one attached hydrogen (secondary N) is 2. The van der Waals surface area contributed by atoms with Crippen LogP contribution in [-0.4, -0.2) is 22.8 Å². The van der Waals surface area contributed by atoms with E-state index in [2.05, 4.69) is 20.5 Å². The molecule has 3 aromatic rings. The van der Waals surface area contributed by atoms with E-state index < -0.39 is 5.56 Å². The Morgan fingerprint density at radius 1 is 1.19 bits per heavy atom. The van der Waals surface area contributed by atoms with Crippen molar-refractivity contribution in [3.05, 3.63) is 75.1 Å². The molecule has 0 amide bonds. The molecule has 0 saturated heterocycles. The molecule has 0 bridgehead atoms. The molecule has 2 N–H and O–H groups in total. The molecule has 1 aliphatic rings. The van der Waals surface area contributed by atoms with E-state index in [1.165, 1.54) is 11.1 Å². The van der Waals surface area contributed by atoms with Crippen LogP contribution in [-0.2, 0) is 12.8 Å². The van der Waals surface area contributed by atoms with Crippen LogP contribution in [0.2, 0.25) is 0 Å². The van der Waals surface area contributed by atoms with Gasteiger partial charge in [0, 0.05) is 5.56 Å². The second kappa shape index (κ2) is 9.26. The zero-order valence-electron chi connectivity index (χ0n) is 17.3. The molecule has 0 spiro atoms. The first kappa shape index (κ1) is 20.4. The van der Waals surface area contributed by atoms with Gasteiger partial charge in [0.1, 0.15) is 17.4 Å². The average Bonchev–Trinajstić information content (AvgIpc) is 2.81. The van der Waals surface area contributed by atoms with Crippen molar-refractivity contribution in [1.29, 1.82) is 5.26 Å². The van der Waals surface area contributed by atoms with E-state index in [-0.39, 0.29) is 11.5 Å². The highest BCUT2D eigenvalue weighted by molar-refractivity contribution is 5.83. The number of anilines is 1. The Morgan fingerprint density at radius 3 is 2.71 bits per heavy atom. The minimum Gasteiger partial charge on any atom is -0.494 e. The normalized spacial score (nSPS) is 12.9. The molecule has 1 aromatic heterocycles. The maximum Gasteiger partial charge on any atom is 0.270 e. The average molecular weight is 413 g/mol. The summed E-state index contributed by atoms with van der Waals surface area (Å²) in [6.07, 6.45) is 6.03. The fraction of sp³-hybridized carbons (Fsp3) is 0.250. The number of fused-ring (bicyclic) bond motifs is 1. The van der Waals surface area contributed by atoms with Crippen molar-refractivity contribution in [2.45, 2.75) is 32.6 Å². The Hall–Kier alpha value is -3.92. The molecule has 1 aliphatic carbocycles. The fourth-order valence-corrected chi connectivity index (χ4v) is 3.87. The fourth-order valence-electron chi connectivity index (χ4n) is 3.87. The molecule has 0 saturated carbocycles. The van der Waals surface area contributed by atoms with E-state index in [0.29, 0.717) is 17.9 Å². The lowest BCUT2D eigenvalue weighted by molar-refractivity contribution is 0.334. The summed E-state index contributed by atoms with van der Waals surface area (Å²) in [5.41, 5.74) is 6.82. The molecule has 0 aliphatic heterocycles. The van der Waals surface area contributed by atoms with Crippen LogP contribution in [0, 0.1) is 11.3 Å². The van der Waals surface area contributed by atoms with Gasteiger partial charge in [-0.2, -0.15) is 10.4 Å². The minimum atomic E-state index is -0.507. The van der Waals surface area contributed by atoms with Crippen molar-refractivity contribution in [3.8, 4) is 23.1 Å². The van der Waals surface area contributed by atoms with E-state index in [4.69, 9.17) is 4.74 Å². The minimum absolute atomic E-state index is 0.0266. The van der Waals surface area contributed by atoms with Crippen LogP contribution in [0.5, 0.6) is 5.75 Å². The molecule has 0 fully saturated rings. The summed E-state index contributed by atoms with van der Waals surface area (Å²) < 4.78 is 5.79. The second-order valence-electron chi connectivity index (χ2n) is 7.24. The molecule has 0 atom stereocenters. The van der Waals surface area contributed by atoms with Gasteiger partial charge in [0.2, 0.25) is 5.95 Å². The highest BCUT2D eigenvalue weighted by atomic mass is 16.5. The number of hydrogen-bond acceptors (Lipinski definition) is 6. The maximum atomic E-state index is 12.4. The van der Waals surface area contributed by atoms with Crippen LogP contribution < -0.4 is 15.7 Å². The lowest BCUT2D eigenvalue weighted by atomic mass is 9.88. The number of H-pyrrole nitrogens is 1. The summed E-state index contributed by atoms with van der Waals surface area (Å²) in [7, 11) is 0. The highest BCUT2D eigenvalue weighted by Crippen LogP contribution is 2.31. The van der Waals surface area contributed by atoms with Gasteiger partial charge in [-0.15, -0.1) is 0 Å². The zero-order valence-corrected chi connectivity index (χ0v) is 17.3. The molecular formula is C24H23N5O2. The van der Waals surface area contributed by atoms with Gasteiger partial charge in [0.05, 0.1) is 18.5 Å². The Morgan fingerprint density at radius 2 is 1.97 bits per heavy atom. The zero-order chi connectivity index (χ0) is 21.6. The van der Waals surface area contributed by atoms with Crippen LogP contribution in [0.4, 0.5) is 5.95 Å². The first-order chi connectivity index (χ1) is 15.2. The van der Waals surface area contributed by atoms with Crippen LogP contribution in [0.25, 0.3) is 11.3 Å². The van der Waals surface area contributed by atoms with Crippen molar-refractivity contribution in [1.82, 2.24) is 9.97 Å². The maximum absolute atomic E-state index is 12.4. The number of aromatic nitrogens is 2. The van der Waals surface area contributed by atoms with Crippen LogP contribution >= 0.6 is 0 Å². The Bertz CT molecular complexity index is 1210. The van der Waals surface area contributed by atoms with Gasteiger partial charge in [-0.3, -0.25) is 9.78 Å². The molecule has 7 heteroatoms. The number of benzene rings is 2. The Balaban J connectivity index is 1.62. The first-order valence-electron chi connectivity index (χ1n) is 10.4. The van der Waals surface area contributed by atoms with E-state index in [1.807, 2.05) is 55.5 Å². The summed E-state index contributed by atoms with van der Waals surface area (Å²) >= 11 is 0. The summed E-state index contributed by atoms with van der Waals surface area (Å²) in [6, 6.07) is 15.1. The lowest BCUT2D eigenvalue weighted by Crippen LogP contribution is -2.16. The third-order valence-corrected chi connectivity index (χ3v) is 5.28. The van der Waals surface area contributed by atoms with Gasteiger partial charge < -0.3 is 4.74 Å². The quantitative estimate of drug-likeness (QED) is 0.469. The molecule has 2 aromatic carbocycles. The molecule has 31 heavy (non-hydrogen) atoms. The summed E-state index contributed by atoms with van der Waals surface area (Å²) in [5, 5.41) is 13.7. The van der Waals surface area contributed by atoms with E-state index in [9.17, 15) is 10.1 Å². The van der Waals surface area contributed by atoms with Crippen LogP contribution in [0.1, 0.15) is 42.0 Å². The number of ether oxygens (including phenoxy) is 1. The largest absolute Gasteiger partial charge is 0.494 e. The second-order valence-corrected chi connectivity index (χ2v) is 7.24. The van der Waals surface area contributed by atoms with Crippen LogP contribution in [0.3, 0.4) is 0 Å². The Labute approximate surface area is 180 Å². The van der Waals surface area contributed by atoms with E-state index >= 15 is 0 Å². The highest BCUT2D eigenvalue weighted by Gasteiger charge is 2.17. The number of nitriles is 1. The van der Waals surface area contributed by atoms with Gasteiger partial charge in [-0.1, -0.05) is 30.3 Å². The van der Waals surface area contributed by atoms with Crippen molar-refractivity contribution in [2.75, 3.05) is 12.0 Å². The number of hydrogen-bond donors (Lipinski definition) is 2. The van der Waals surface area contributed by atoms with E-state index in [1.54, 1.807) is 6.21 Å². The third kappa shape index (κ3) is 4.33. The molecule has 0 unspecified atom stereocenters. The Kier molecular flexibility index (Phi) is 6.08. The monoisotopic (exact) mass is 413 g/mol. The molecule has 4 rings (SSSR count).